The first-order valence-corrected chi connectivity index (χ1v) is 5.45. The minimum atomic E-state index is -2.93. The van der Waals surface area contributed by atoms with E-state index in [0.717, 1.165) is 0 Å². The lowest BCUT2D eigenvalue weighted by molar-refractivity contribution is -0.0493. The molecule has 1 aromatic carbocycles. The number of alkyl halides is 2. The first-order valence-electron chi connectivity index (χ1n) is 5.45. The van der Waals surface area contributed by atoms with E-state index in [-0.39, 0.29) is 29.3 Å². The first kappa shape index (κ1) is 13.7. The van der Waals surface area contributed by atoms with E-state index in [0.29, 0.717) is 0 Å². The minimum absolute atomic E-state index is 0.00672. The lowest BCUT2D eigenvalue weighted by Crippen LogP contribution is -2.07. The molecular weight excluding hydrogens is 272 g/mol. The molecule has 0 fully saturated rings. The number of nitrogens with zero attached hydrogens (tertiary/aromatic N) is 3. The molecular formula is C11H11F2N5O2. The highest BCUT2D eigenvalue weighted by Crippen LogP contribution is 2.27. The Morgan fingerprint density at radius 3 is 2.65 bits per heavy atom. The van der Waals surface area contributed by atoms with Crippen molar-refractivity contribution in [3.05, 3.63) is 24.3 Å². The van der Waals surface area contributed by atoms with Crippen LogP contribution in [0.1, 0.15) is 0 Å². The molecule has 3 N–H and O–H groups in total. The SMILES string of the molecule is COc1nc(N)nc(Nc2ccccc2OC(F)F)n1. The summed E-state index contributed by atoms with van der Waals surface area (Å²) in [5.74, 6) is -0.0493. The summed E-state index contributed by atoms with van der Waals surface area (Å²) in [5.41, 5.74) is 5.74. The number of nitrogens with two attached hydrogens (primary N) is 1. The van der Waals surface area contributed by atoms with Crippen LogP contribution in [0.4, 0.5) is 26.4 Å². The number of nitrogen functional groups attached to an aromatic ring is 1. The smallest absolute Gasteiger partial charge is 0.387 e. The van der Waals surface area contributed by atoms with E-state index in [4.69, 9.17) is 10.5 Å². The highest BCUT2D eigenvalue weighted by molar-refractivity contribution is 5.62. The van der Waals surface area contributed by atoms with E-state index in [2.05, 4.69) is 25.0 Å². The molecule has 1 aromatic heterocycles. The Balaban J connectivity index is 2.27. The molecule has 7 nitrogen and oxygen atoms in total. The molecule has 0 saturated heterocycles. The number of aromatic nitrogens is 3. The van der Waals surface area contributed by atoms with Crippen molar-refractivity contribution in [1.29, 1.82) is 0 Å². The zero-order chi connectivity index (χ0) is 14.5. The van der Waals surface area contributed by atoms with Crippen LogP contribution in [0.3, 0.4) is 0 Å². The fourth-order valence-corrected chi connectivity index (χ4v) is 1.41. The van der Waals surface area contributed by atoms with E-state index in [1.807, 2.05) is 0 Å². The molecule has 2 rings (SSSR count). The number of rotatable bonds is 5. The fraction of sp³-hybridized carbons (Fsp3) is 0.182. The van der Waals surface area contributed by atoms with Gasteiger partial charge in [0, 0.05) is 0 Å². The summed E-state index contributed by atoms with van der Waals surface area (Å²) in [7, 11) is 1.37. The van der Waals surface area contributed by atoms with Gasteiger partial charge in [0.2, 0.25) is 11.9 Å². The van der Waals surface area contributed by atoms with Gasteiger partial charge in [-0.2, -0.15) is 23.7 Å². The average molecular weight is 283 g/mol. The predicted octanol–water partition coefficient (Wildman–Crippen LogP) is 1.81. The van der Waals surface area contributed by atoms with Crippen molar-refractivity contribution in [1.82, 2.24) is 15.0 Å². The number of halogens is 2. The average Bonchev–Trinajstić information content (AvgIpc) is 2.39. The van der Waals surface area contributed by atoms with Crippen LogP contribution in [0.2, 0.25) is 0 Å². The molecule has 0 saturated carbocycles. The van der Waals surface area contributed by atoms with Gasteiger partial charge in [0.05, 0.1) is 12.8 Å². The van der Waals surface area contributed by atoms with Crippen molar-refractivity contribution in [2.45, 2.75) is 6.61 Å². The monoisotopic (exact) mass is 283 g/mol. The second-order valence-electron chi connectivity index (χ2n) is 3.50. The molecule has 1 heterocycles. The molecule has 0 spiro atoms. The van der Waals surface area contributed by atoms with Crippen molar-refractivity contribution in [3.8, 4) is 11.8 Å². The van der Waals surface area contributed by atoms with Gasteiger partial charge < -0.3 is 20.5 Å². The van der Waals surface area contributed by atoms with Crippen LogP contribution < -0.4 is 20.5 Å². The number of hydrogen-bond donors (Lipinski definition) is 2. The first-order chi connectivity index (χ1) is 9.58. The van der Waals surface area contributed by atoms with E-state index in [1.54, 1.807) is 12.1 Å². The summed E-state index contributed by atoms with van der Waals surface area (Å²) in [4.78, 5) is 11.4. The summed E-state index contributed by atoms with van der Waals surface area (Å²) in [6, 6.07) is 6.13. The quantitative estimate of drug-likeness (QED) is 0.863. The van der Waals surface area contributed by atoms with Crippen LogP contribution in [0.5, 0.6) is 11.8 Å². The van der Waals surface area contributed by atoms with Crippen molar-refractivity contribution in [3.63, 3.8) is 0 Å². The number of hydrogen-bond acceptors (Lipinski definition) is 7. The molecule has 106 valence electrons. The van der Waals surface area contributed by atoms with E-state index < -0.39 is 6.61 Å². The molecule has 0 aliphatic heterocycles. The molecule has 2 aromatic rings. The Kier molecular flexibility index (Phi) is 4.08. The zero-order valence-electron chi connectivity index (χ0n) is 10.4. The molecule has 0 aliphatic carbocycles. The standard InChI is InChI=1S/C11H11F2N5O2/c1-19-11-17-9(14)16-10(18-11)15-6-4-2-3-5-7(6)20-8(12)13/h2-5,8H,1H3,(H3,14,15,16,17,18). The zero-order valence-corrected chi connectivity index (χ0v) is 10.4. The Hall–Kier alpha value is -2.71. The van der Waals surface area contributed by atoms with Crippen molar-refractivity contribution in [2.75, 3.05) is 18.2 Å². The van der Waals surface area contributed by atoms with Crippen LogP contribution in [0.15, 0.2) is 24.3 Å². The number of ether oxygens (including phenoxy) is 2. The van der Waals surface area contributed by atoms with Crippen LogP contribution in [0.25, 0.3) is 0 Å². The molecule has 0 atom stereocenters. The summed E-state index contributed by atoms with van der Waals surface area (Å²) in [5, 5.41) is 2.71. The second kappa shape index (κ2) is 5.95. The van der Waals surface area contributed by atoms with Crippen LogP contribution in [-0.2, 0) is 0 Å². The van der Waals surface area contributed by atoms with E-state index >= 15 is 0 Å². The summed E-state index contributed by atoms with van der Waals surface area (Å²) in [6.07, 6.45) is 0. The molecule has 0 amide bonds. The molecule has 0 bridgehead atoms. The van der Waals surface area contributed by atoms with Crippen molar-refractivity contribution in [2.24, 2.45) is 0 Å². The van der Waals surface area contributed by atoms with Gasteiger partial charge in [-0.05, 0) is 12.1 Å². The second-order valence-corrected chi connectivity index (χ2v) is 3.50. The van der Waals surface area contributed by atoms with Gasteiger partial charge in [0.25, 0.3) is 0 Å². The Bertz CT molecular complexity index is 597. The maximum Gasteiger partial charge on any atom is 0.387 e. The van der Waals surface area contributed by atoms with Crippen LogP contribution >= 0.6 is 0 Å². The number of benzene rings is 1. The maximum absolute atomic E-state index is 12.3. The lowest BCUT2D eigenvalue weighted by Gasteiger charge is -2.11. The largest absolute Gasteiger partial charge is 0.467 e. The highest BCUT2D eigenvalue weighted by Gasteiger charge is 2.11. The molecule has 20 heavy (non-hydrogen) atoms. The van der Waals surface area contributed by atoms with Gasteiger partial charge in [0.15, 0.2) is 0 Å². The summed E-state index contributed by atoms with van der Waals surface area (Å²) < 4.78 is 33.8. The third kappa shape index (κ3) is 3.40. The Morgan fingerprint density at radius 2 is 1.95 bits per heavy atom. The number of methoxy groups -OCH3 is 1. The van der Waals surface area contributed by atoms with Gasteiger partial charge >= 0.3 is 12.6 Å². The third-order valence-electron chi connectivity index (χ3n) is 2.16. The number of para-hydroxylation sites is 2. The van der Waals surface area contributed by atoms with Gasteiger partial charge in [-0.3, -0.25) is 0 Å². The summed E-state index contributed by atoms with van der Waals surface area (Å²) in [6.45, 7) is -2.93. The van der Waals surface area contributed by atoms with Gasteiger partial charge in [-0.1, -0.05) is 12.1 Å². The topological polar surface area (TPSA) is 95.2 Å². The lowest BCUT2D eigenvalue weighted by atomic mass is 10.3. The van der Waals surface area contributed by atoms with Crippen LogP contribution in [0, 0.1) is 0 Å². The van der Waals surface area contributed by atoms with E-state index in [9.17, 15) is 8.78 Å². The molecule has 0 aliphatic rings. The normalized spacial score (nSPS) is 10.4. The Labute approximate surface area is 112 Å². The van der Waals surface area contributed by atoms with Gasteiger partial charge in [0.1, 0.15) is 5.75 Å². The van der Waals surface area contributed by atoms with Crippen LogP contribution in [-0.4, -0.2) is 28.7 Å². The van der Waals surface area contributed by atoms with Gasteiger partial charge in [-0.25, -0.2) is 0 Å². The number of nitrogens with one attached hydrogen (secondary N) is 1. The van der Waals surface area contributed by atoms with Crippen molar-refractivity contribution >= 4 is 17.6 Å². The Morgan fingerprint density at radius 1 is 1.20 bits per heavy atom. The van der Waals surface area contributed by atoms with Gasteiger partial charge in [-0.15, -0.1) is 0 Å². The number of anilines is 3. The molecule has 9 heteroatoms. The van der Waals surface area contributed by atoms with E-state index in [1.165, 1.54) is 19.2 Å². The summed E-state index contributed by atoms with van der Waals surface area (Å²) >= 11 is 0. The maximum atomic E-state index is 12.3. The molecule has 0 radical (unpaired) electrons. The molecule has 0 unspecified atom stereocenters. The predicted molar refractivity (Wildman–Crippen MR) is 67.1 cm³/mol. The van der Waals surface area contributed by atoms with Crippen molar-refractivity contribution < 1.29 is 18.3 Å². The fourth-order valence-electron chi connectivity index (χ4n) is 1.41. The highest BCUT2D eigenvalue weighted by atomic mass is 19.3. The minimum Gasteiger partial charge on any atom is -0.467 e. The third-order valence-corrected chi connectivity index (χ3v) is 2.16.